The highest BCUT2D eigenvalue weighted by Crippen LogP contribution is 2.22. The van der Waals surface area contributed by atoms with Gasteiger partial charge >= 0.3 is 0 Å². The molecule has 0 aliphatic rings. The van der Waals surface area contributed by atoms with Gasteiger partial charge in [0.15, 0.2) is 5.96 Å². The van der Waals surface area contributed by atoms with E-state index in [0.717, 1.165) is 0 Å². The third-order valence-electron chi connectivity index (χ3n) is 3.97. The minimum absolute atomic E-state index is 0. The molecule has 1 amide bonds. The number of nitrogens with zero attached hydrogens (tertiary/aromatic N) is 2. The third kappa shape index (κ3) is 8.00. The van der Waals surface area contributed by atoms with Gasteiger partial charge in [0.05, 0.1) is 10.9 Å². The summed E-state index contributed by atoms with van der Waals surface area (Å²) in [5, 5.41) is 0. The SMILES string of the molecule is CC(C)C[C@H](N)C(=O)N([C@H](C=O)CCCN=C(N)N)S(=O)(=O)c1ccccc1.Cl. The van der Waals surface area contributed by atoms with Crippen LogP contribution in [0.2, 0.25) is 0 Å². The second-order valence-corrected chi connectivity index (χ2v) is 8.66. The highest BCUT2D eigenvalue weighted by Gasteiger charge is 2.37. The average molecular weight is 448 g/mol. The van der Waals surface area contributed by atoms with Gasteiger partial charge in [-0.3, -0.25) is 9.79 Å². The van der Waals surface area contributed by atoms with Gasteiger partial charge in [0.25, 0.3) is 15.9 Å². The summed E-state index contributed by atoms with van der Waals surface area (Å²) in [5.41, 5.74) is 16.5. The molecule has 0 fully saturated rings. The van der Waals surface area contributed by atoms with Crippen LogP contribution < -0.4 is 17.2 Å². The summed E-state index contributed by atoms with van der Waals surface area (Å²) >= 11 is 0. The molecule has 2 atom stereocenters. The molecule has 0 spiro atoms. The molecule has 0 radical (unpaired) electrons. The number of sulfonamides is 1. The fourth-order valence-electron chi connectivity index (χ4n) is 2.69. The van der Waals surface area contributed by atoms with E-state index in [1.165, 1.54) is 24.3 Å². The maximum atomic E-state index is 13.1. The Balaban J connectivity index is 0.00000784. The smallest absolute Gasteiger partial charge is 0.267 e. The molecular weight excluding hydrogens is 418 g/mol. The summed E-state index contributed by atoms with van der Waals surface area (Å²) in [5.74, 6) is -0.834. The number of rotatable bonds is 11. The molecule has 0 aliphatic carbocycles. The van der Waals surface area contributed by atoms with E-state index in [-0.39, 0.29) is 42.1 Å². The lowest BCUT2D eigenvalue weighted by Crippen LogP contribution is -2.52. The molecule has 1 aromatic carbocycles. The molecule has 11 heteroatoms. The minimum atomic E-state index is -4.26. The number of guanidine groups is 1. The van der Waals surface area contributed by atoms with Crippen LogP contribution in [0.5, 0.6) is 0 Å². The minimum Gasteiger partial charge on any atom is -0.370 e. The number of halogens is 1. The van der Waals surface area contributed by atoms with Crippen molar-refractivity contribution < 1.29 is 18.0 Å². The van der Waals surface area contributed by atoms with Gasteiger partial charge in [0.2, 0.25) is 0 Å². The molecular formula is C18H30ClN5O4S. The first-order valence-corrected chi connectivity index (χ1v) is 10.4. The number of benzene rings is 1. The van der Waals surface area contributed by atoms with Crippen LogP contribution in [0.15, 0.2) is 40.2 Å². The number of amides is 1. The topological polar surface area (TPSA) is 162 Å². The molecule has 0 heterocycles. The molecule has 0 saturated heterocycles. The van der Waals surface area contributed by atoms with Crippen LogP contribution in [0.25, 0.3) is 0 Å². The Morgan fingerprint density at radius 3 is 2.28 bits per heavy atom. The Hall–Kier alpha value is -2.17. The zero-order valence-corrected chi connectivity index (χ0v) is 18.2. The summed E-state index contributed by atoms with van der Waals surface area (Å²) in [7, 11) is -4.26. The highest BCUT2D eigenvalue weighted by molar-refractivity contribution is 7.89. The van der Waals surface area contributed by atoms with Crippen LogP contribution in [0, 0.1) is 5.92 Å². The Labute approximate surface area is 178 Å². The van der Waals surface area contributed by atoms with Crippen LogP contribution >= 0.6 is 12.4 Å². The molecule has 29 heavy (non-hydrogen) atoms. The molecule has 6 N–H and O–H groups in total. The highest BCUT2D eigenvalue weighted by atomic mass is 35.5. The fraction of sp³-hybridized carbons (Fsp3) is 0.500. The van der Waals surface area contributed by atoms with Crippen LogP contribution in [0.1, 0.15) is 33.1 Å². The maximum absolute atomic E-state index is 13.1. The van der Waals surface area contributed by atoms with E-state index in [4.69, 9.17) is 17.2 Å². The second kappa shape index (κ2) is 12.4. The zero-order chi connectivity index (χ0) is 21.3. The molecule has 1 rings (SSSR count). The number of carbonyl (C=O) groups excluding carboxylic acids is 2. The molecule has 0 unspecified atom stereocenters. The second-order valence-electron chi connectivity index (χ2n) is 6.84. The molecule has 0 saturated carbocycles. The molecule has 0 bridgehead atoms. The van der Waals surface area contributed by atoms with E-state index in [9.17, 15) is 18.0 Å². The van der Waals surface area contributed by atoms with Gasteiger partial charge in [-0.25, -0.2) is 12.7 Å². The van der Waals surface area contributed by atoms with Crippen molar-refractivity contribution in [2.45, 2.75) is 50.1 Å². The number of hydrogen-bond donors (Lipinski definition) is 3. The van der Waals surface area contributed by atoms with Crippen molar-refractivity contribution in [2.75, 3.05) is 6.54 Å². The predicted molar refractivity (Wildman–Crippen MR) is 115 cm³/mol. The average Bonchev–Trinajstić information content (AvgIpc) is 2.63. The van der Waals surface area contributed by atoms with E-state index in [1.54, 1.807) is 6.07 Å². The normalized spacial score (nSPS) is 13.1. The van der Waals surface area contributed by atoms with Gasteiger partial charge in [-0.15, -0.1) is 12.4 Å². The van der Waals surface area contributed by atoms with Crippen LogP contribution in [0.4, 0.5) is 0 Å². The third-order valence-corrected chi connectivity index (χ3v) is 5.81. The van der Waals surface area contributed by atoms with Crippen molar-refractivity contribution in [1.29, 1.82) is 0 Å². The lowest BCUT2D eigenvalue weighted by Gasteiger charge is -2.30. The maximum Gasteiger partial charge on any atom is 0.267 e. The van der Waals surface area contributed by atoms with Crippen LogP contribution in [0.3, 0.4) is 0 Å². The standard InChI is InChI=1S/C18H29N5O4S.ClH/c1-13(2)11-16(19)17(25)23(14(12-24)7-6-10-22-18(20)21)28(26,27)15-8-4-3-5-9-15;/h3-5,8-9,12-14,16H,6-7,10-11,19H2,1-2H3,(H4,20,21,22);1H/t14-,16-;/m0./s1. The fourth-order valence-corrected chi connectivity index (χ4v) is 4.30. The van der Waals surface area contributed by atoms with Crippen molar-refractivity contribution in [3.8, 4) is 0 Å². The van der Waals surface area contributed by atoms with Gasteiger partial charge in [-0.05, 0) is 37.3 Å². The summed E-state index contributed by atoms with van der Waals surface area (Å²) in [6, 6.07) is 5.22. The first-order valence-electron chi connectivity index (χ1n) is 9.00. The molecule has 9 nitrogen and oxygen atoms in total. The van der Waals surface area contributed by atoms with Gasteiger partial charge in [0, 0.05) is 6.54 Å². The molecule has 0 aromatic heterocycles. The zero-order valence-electron chi connectivity index (χ0n) is 16.6. The van der Waals surface area contributed by atoms with Crippen molar-refractivity contribution in [3.63, 3.8) is 0 Å². The number of aldehydes is 1. The van der Waals surface area contributed by atoms with Gasteiger partial charge in [0.1, 0.15) is 12.3 Å². The van der Waals surface area contributed by atoms with E-state index in [2.05, 4.69) is 4.99 Å². The van der Waals surface area contributed by atoms with E-state index >= 15 is 0 Å². The quantitative estimate of drug-likeness (QED) is 0.194. The van der Waals surface area contributed by atoms with Crippen LogP contribution in [-0.2, 0) is 19.6 Å². The molecule has 164 valence electrons. The number of hydrogen-bond acceptors (Lipinski definition) is 6. The first kappa shape index (κ1) is 26.8. The summed E-state index contributed by atoms with van der Waals surface area (Å²) in [4.78, 5) is 28.4. The first-order chi connectivity index (χ1) is 13.1. The molecule has 1 aromatic rings. The largest absolute Gasteiger partial charge is 0.370 e. The van der Waals surface area contributed by atoms with Crippen LogP contribution in [-0.4, -0.2) is 49.5 Å². The van der Waals surface area contributed by atoms with Crippen molar-refractivity contribution in [3.05, 3.63) is 30.3 Å². The lowest BCUT2D eigenvalue weighted by molar-refractivity contribution is -0.132. The number of aliphatic imine (C=N–C) groups is 1. The van der Waals surface area contributed by atoms with Crippen molar-refractivity contribution in [1.82, 2.24) is 4.31 Å². The Kier molecular flexibility index (Phi) is 11.5. The summed E-state index contributed by atoms with van der Waals surface area (Å²) in [6.45, 7) is 3.95. The van der Waals surface area contributed by atoms with Gasteiger partial charge in [-0.2, -0.15) is 0 Å². The van der Waals surface area contributed by atoms with E-state index < -0.39 is 28.0 Å². The van der Waals surface area contributed by atoms with Crippen molar-refractivity contribution >= 4 is 40.6 Å². The Morgan fingerprint density at radius 1 is 1.21 bits per heavy atom. The summed E-state index contributed by atoms with van der Waals surface area (Å²) in [6.07, 6.45) is 1.12. The van der Waals surface area contributed by atoms with E-state index in [0.29, 0.717) is 23.4 Å². The number of carbonyl (C=O) groups is 2. The molecule has 0 aliphatic heterocycles. The van der Waals surface area contributed by atoms with Gasteiger partial charge < -0.3 is 22.0 Å². The van der Waals surface area contributed by atoms with E-state index in [1.807, 2.05) is 13.8 Å². The Morgan fingerprint density at radius 2 is 1.79 bits per heavy atom. The predicted octanol–water partition coefficient (Wildman–Crippen LogP) is 0.620. The Bertz CT molecular complexity index is 783. The monoisotopic (exact) mass is 447 g/mol. The van der Waals surface area contributed by atoms with Gasteiger partial charge in [-0.1, -0.05) is 32.0 Å². The van der Waals surface area contributed by atoms with Crippen molar-refractivity contribution in [2.24, 2.45) is 28.1 Å². The summed E-state index contributed by atoms with van der Waals surface area (Å²) < 4.78 is 26.9. The lowest BCUT2D eigenvalue weighted by atomic mass is 10.0. The number of nitrogens with two attached hydrogens (primary N) is 3.